The van der Waals surface area contributed by atoms with Crippen molar-refractivity contribution in [3.05, 3.63) is 58.1 Å². The Morgan fingerprint density at radius 1 is 1.22 bits per heavy atom. The molecule has 10 nitrogen and oxygen atoms in total. The predicted molar refractivity (Wildman–Crippen MR) is 117 cm³/mol. The van der Waals surface area contributed by atoms with E-state index in [1.54, 1.807) is 12.1 Å². The third-order valence-electron chi connectivity index (χ3n) is 5.04. The molecule has 1 heterocycles. The van der Waals surface area contributed by atoms with Gasteiger partial charge < -0.3 is 14.8 Å². The number of nitrogens with one attached hydrogen (secondary N) is 1. The van der Waals surface area contributed by atoms with Gasteiger partial charge in [-0.2, -0.15) is 4.31 Å². The molecule has 32 heavy (non-hydrogen) atoms. The molecule has 0 aromatic heterocycles. The van der Waals surface area contributed by atoms with Crippen LogP contribution in [0.25, 0.3) is 0 Å². The SMILES string of the molecule is CCc1ccc(NC(=O)[C@H](C)Oc2ccc(S(=O)(=O)N3CCOCC3)cc2[N+](=O)[O-])cc1. The largest absolute Gasteiger partial charge is 0.474 e. The van der Waals surface area contributed by atoms with Crippen LogP contribution in [-0.2, 0) is 26.0 Å². The van der Waals surface area contributed by atoms with Gasteiger partial charge in [-0.3, -0.25) is 14.9 Å². The van der Waals surface area contributed by atoms with Crippen molar-refractivity contribution in [3.63, 3.8) is 0 Å². The number of hydrogen-bond donors (Lipinski definition) is 1. The Kier molecular flexibility index (Phi) is 7.44. The summed E-state index contributed by atoms with van der Waals surface area (Å²) >= 11 is 0. The molecule has 0 unspecified atom stereocenters. The van der Waals surface area contributed by atoms with Crippen molar-refractivity contribution in [3.8, 4) is 5.75 Å². The van der Waals surface area contributed by atoms with Crippen molar-refractivity contribution >= 4 is 27.3 Å². The molecule has 0 radical (unpaired) electrons. The zero-order valence-electron chi connectivity index (χ0n) is 17.8. The van der Waals surface area contributed by atoms with E-state index >= 15 is 0 Å². The topological polar surface area (TPSA) is 128 Å². The van der Waals surface area contributed by atoms with Gasteiger partial charge in [-0.1, -0.05) is 19.1 Å². The molecule has 1 atom stereocenters. The Morgan fingerprint density at radius 3 is 2.47 bits per heavy atom. The van der Waals surface area contributed by atoms with E-state index < -0.39 is 32.6 Å². The number of ether oxygens (including phenoxy) is 2. The Morgan fingerprint density at radius 2 is 1.88 bits per heavy atom. The highest BCUT2D eigenvalue weighted by Crippen LogP contribution is 2.32. The molecule has 1 amide bonds. The van der Waals surface area contributed by atoms with E-state index in [1.807, 2.05) is 19.1 Å². The normalized spacial score (nSPS) is 15.7. The van der Waals surface area contributed by atoms with Crippen LogP contribution >= 0.6 is 0 Å². The number of carbonyl (C=O) groups excluding carboxylic acids is 1. The molecular formula is C21H25N3O7S. The molecule has 2 aromatic rings. The van der Waals surface area contributed by atoms with Gasteiger partial charge in [0.2, 0.25) is 10.0 Å². The van der Waals surface area contributed by atoms with Crippen molar-refractivity contribution in [1.82, 2.24) is 4.31 Å². The molecule has 1 fully saturated rings. The molecular weight excluding hydrogens is 438 g/mol. The van der Waals surface area contributed by atoms with E-state index in [0.29, 0.717) is 5.69 Å². The lowest BCUT2D eigenvalue weighted by Crippen LogP contribution is -2.40. The fraction of sp³-hybridized carbons (Fsp3) is 0.381. The minimum Gasteiger partial charge on any atom is -0.474 e. The third-order valence-corrected chi connectivity index (χ3v) is 6.93. The predicted octanol–water partition coefficient (Wildman–Crippen LogP) is 2.58. The highest BCUT2D eigenvalue weighted by Gasteiger charge is 2.30. The summed E-state index contributed by atoms with van der Waals surface area (Å²) in [5, 5.41) is 14.3. The summed E-state index contributed by atoms with van der Waals surface area (Å²) in [5.74, 6) is -0.687. The number of morpholine rings is 1. The number of anilines is 1. The molecule has 3 rings (SSSR count). The number of nitrogens with zero attached hydrogens (tertiary/aromatic N) is 2. The Labute approximate surface area is 186 Å². The maximum absolute atomic E-state index is 12.8. The summed E-state index contributed by atoms with van der Waals surface area (Å²) in [4.78, 5) is 23.1. The third kappa shape index (κ3) is 5.42. The van der Waals surface area contributed by atoms with Crippen LogP contribution in [0.2, 0.25) is 0 Å². The first-order valence-corrected chi connectivity index (χ1v) is 11.6. The summed E-state index contributed by atoms with van der Waals surface area (Å²) in [6.45, 7) is 4.34. The minimum absolute atomic E-state index is 0.171. The van der Waals surface area contributed by atoms with Gasteiger partial charge in [-0.05, 0) is 43.2 Å². The smallest absolute Gasteiger partial charge is 0.312 e. The van der Waals surface area contributed by atoms with Gasteiger partial charge in [0.15, 0.2) is 11.9 Å². The first kappa shape index (κ1) is 23.6. The minimum atomic E-state index is -3.91. The lowest BCUT2D eigenvalue weighted by molar-refractivity contribution is -0.386. The number of benzene rings is 2. The first-order chi connectivity index (χ1) is 15.2. The molecule has 0 bridgehead atoms. The van der Waals surface area contributed by atoms with Crippen molar-refractivity contribution in [2.45, 2.75) is 31.3 Å². The second-order valence-corrected chi connectivity index (χ2v) is 9.14. The fourth-order valence-corrected chi connectivity index (χ4v) is 4.58. The summed E-state index contributed by atoms with van der Waals surface area (Å²) < 4.78 is 37.5. The Balaban J connectivity index is 1.76. The number of nitro benzene ring substituents is 1. The van der Waals surface area contributed by atoms with Gasteiger partial charge in [-0.25, -0.2) is 8.42 Å². The van der Waals surface area contributed by atoms with Crippen molar-refractivity contribution in [2.75, 3.05) is 31.6 Å². The number of rotatable bonds is 8. The molecule has 1 saturated heterocycles. The number of carbonyl (C=O) groups is 1. The lowest BCUT2D eigenvalue weighted by Gasteiger charge is -2.26. The van der Waals surface area contributed by atoms with Crippen LogP contribution in [0.5, 0.6) is 5.75 Å². The Bertz CT molecular complexity index is 1080. The van der Waals surface area contributed by atoms with Gasteiger partial charge in [-0.15, -0.1) is 0 Å². The van der Waals surface area contributed by atoms with Crippen LogP contribution < -0.4 is 10.1 Å². The summed E-state index contributed by atoms with van der Waals surface area (Å²) in [5.41, 5.74) is 1.16. The van der Waals surface area contributed by atoms with Crippen LogP contribution in [0.4, 0.5) is 11.4 Å². The second kappa shape index (κ2) is 10.1. The van der Waals surface area contributed by atoms with Crippen molar-refractivity contribution in [1.29, 1.82) is 0 Å². The highest BCUT2D eigenvalue weighted by molar-refractivity contribution is 7.89. The Hall–Kier alpha value is -3.02. The van der Waals surface area contributed by atoms with Crippen LogP contribution in [0.3, 0.4) is 0 Å². The van der Waals surface area contributed by atoms with E-state index in [4.69, 9.17) is 9.47 Å². The highest BCUT2D eigenvalue weighted by atomic mass is 32.2. The summed E-state index contributed by atoms with van der Waals surface area (Å²) in [6, 6.07) is 10.7. The lowest BCUT2D eigenvalue weighted by atomic mass is 10.1. The molecule has 0 spiro atoms. The van der Waals surface area contributed by atoms with Gasteiger partial charge in [0.1, 0.15) is 0 Å². The first-order valence-electron chi connectivity index (χ1n) is 10.1. The molecule has 2 aromatic carbocycles. The second-order valence-electron chi connectivity index (χ2n) is 7.20. The number of hydrogen-bond acceptors (Lipinski definition) is 7. The van der Waals surface area contributed by atoms with Gasteiger partial charge in [0.25, 0.3) is 5.91 Å². The molecule has 172 valence electrons. The van der Waals surface area contributed by atoms with Gasteiger partial charge in [0.05, 0.1) is 23.0 Å². The number of nitro groups is 1. The van der Waals surface area contributed by atoms with E-state index in [0.717, 1.165) is 18.1 Å². The average molecular weight is 464 g/mol. The van der Waals surface area contributed by atoms with Gasteiger partial charge in [0, 0.05) is 24.8 Å². The summed E-state index contributed by atoms with van der Waals surface area (Å²) in [6.07, 6.45) is -0.185. The molecule has 11 heteroatoms. The van der Waals surface area contributed by atoms with E-state index in [1.165, 1.54) is 23.4 Å². The average Bonchev–Trinajstić information content (AvgIpc) is 2.80. The molecule has 1 N–H and O–H groups in total. The molecule has 1 aliphatic heterocycles. The van der Waals surface area contributed by atoms with E-state index in [9.17, 15) is 23.3 Å². The molecule has 0 saturated carbocycles. The monoisotopic (exact) mass is 463 g/mol. The van der Waals surface area contributed by atoms with Crippen LogP contribution in [0.1, 0.15) is 19.4 Å². The maximum Gasteiger partial charge on any atom is 0.312 e. The van der Waals surface area contributed by atoms with Crippen LogP contribution in [0, 0.1) is 10.1 Å². The fourth-order valence-electron chi connectivity index (χ4n) is 3.15. The number of sulfonamides is 1. The zero-order valence-corrected chi connectivity index (χ0v) is 18.6. The maximum atomic E-state index is 12.8. The standard InChI is InChI=1S/C21H25N3O7S/c1-3-16-4-6-17(7-5-16)22-21(25)15(2)31-20-9-8-18(14-19(20)24(26)27)32(28,29)23-10-12-30-13-11-23/h4-9,14-15H,3,10-13H2,1-2H3,(H,22,25)/t15-/m0/s1. The van der Waals surface area contributed by atoms with Crippen molar-refractivity contribution < 1.29 is 27.6 Å². The van der Waals surface area contributed by atoms with Gasteiger partial charge >= 0.3 is 5.69 Å². The van der Waals surface area contributed by atoms with Crippen LogP contribution in [0.15, 0.2) is 47.4 Å². The molecule has 1 aliphatic rings. The van der Waals surface area contributed by atoms with Crippen LogP contribution in [-0.4, -0.2) is 56.0 Å². The zero-order chi connectivity index (χ0) is 23.3. The van der Waals surface area contributed by atoms with E-state index in [2.05, 4.69) is 5.32 Å². The number of amides is 1. The van der Waals surface area contributed by atoms with Crippen molar-refractivity contribution in [2.24, 2.45) is 0 Å². The number of aryl methyl sites for hydroxylation is 1. The molecule has 0 aliphatic carbocycles. The van der Waals surface area contributed by atoms with E-state index in [-0.39, 0.29) is 36.9 Å². The summed E-state index contributed by atoms with van der Waals surface area (Å²) in [7, 11) is -3.91. The quantitative estimate of drug-likeness (QED) is 0.471.